The van der Waals surface area contributed by atoms with Crippen LogP contribution in [-0.2, 0) is 19.2 Å². The van der Waals surface area contributed by atoms with Crippen molar-refractivity contribution >= 4 is 29.7 Å². The standard InChI is InChI=1S/C14H26N6O7/c15-7(3-4-10(22)23)11(24)20-9(6-21)12(25)19-8(13(26)27)2-1-5-18-14(16)17/h7-9,21H,1-6,15H2,(H,19,25)(H,20,24)(H,22,23)(H,26,27)(H4,16,17,18)/t7-,8-,9-/m0/s1. The van der Waals surface area contributed by atoms with Crippen molar-refractivity contribution in [3.8, 4) is 0 Å². The molecular formula is C14H26N6O7. The van der Waals surface area contributed by atoms with E-state index in [2.05, 4.69) is 16.0 Å². The fourth-order valence-electron chi connectivity index (χ4n) is 1.94. The van der Waals surface area contributed by atoms with E-state index < -0.39 is 48.5 Å². The summed E-state index contributed by atoms with van der Waals surface area (Å²) in [6.45, 7) is -0.574. The molecule has 0 aliphatic rings. The minimum Gasteiger partial charge on any atom is -0.481 e. The number of amides is 2. The number of carbonyl (C=O) groups is 4. The second-order valence-electron chi connectivity index (χ2n) is 5.66. The highest BCUT2D eigenvalue weighted by atomic mass is 16.4. The van der Waals surface area contributed by atoms with E-state index in [0.29, 0.717) is 0 Å². The molecule has 13 nitrogen and oxygen atoms in total. The molecule has 0 heterocycles. The number of carboxylic acids is 2. The van der Waals surface area contributed by atoms with Gasteiger partial charge in [-0.15, -0.1) is 0 Å². The highest BCUT2D eigenvalue weighted by molar-refractivity contribution is 5.92. The Hall–Kier alpha value is -2.93. The molecule has 0 aliphatic heterocycles. The number of aliphatic hydroxyl groups is 1. The van der Waals surface area contributed by atoms with Crippen LogP contribution in [0.3, 0.4) is 0 Å². The molecule has 0 spiro atoms. The lowest BCUT2D eigenvalue weighted by Crippen LogP contribution is -2.55. The van der Waals surface area contributed by atoms with Crippen LogP contribution in [0, 0.1) is 5.41 Å². The maximum absolute atomic E-state index is 12.1. The lowest BCUT2D eigenvalue weighted by atomic mass is 10.1. The van der Waals surface area contributed by atoms with Gasteiger partial charge in [-0.25, -0.2) is 4.79 Å². The van der Waals surface area contributed by atoms with Crippen LogP contribution in [-0.4, -0.2) is 76.3 Å². The van der Waals surface area contributed by atoms with Crippen LogP contribution in [0.4, 0.5) is 0 Å². The van der Waals surface area contributed by atoms with E-state index in [4.69, 9.17) is 27.1 Å². The highest BCUT2D eigenvalue weighted by Gasteiger charge is 2.27. The van der Waals surface area contributed by atoms with Gasteiger partial charge in [0.05, 0.1) is 12.6 Å². The van der Waals surface area contributed by atoms with Crippen molar-refractivity contribution in [2.45, 2.75) is 43.8 Å². The topological polar surface area (TPSA) is 241 Å². The lowest BCUT2D eigenvalue weighted by Gasteiger charge is -2.21. The smallest absolute Gasteiger partial charge is 0.326 e. The van der Waals surface area contributed by atoms with Crippen molar-refractivity contribution in [3.05, 3.63) is 0 Å². The molecule has 3 atom stereocenters. The van der Waals surface area contributed by atoms with Gasteiger partial charge < -0.3 is 42.7 Å². The number of guanidine groups is 1. The third-order valence-corrected chi connectivity index (χ3v) is 3.42. The summed E-state index contributed by atoms with van der Waals surface area (Å²) in [7, 11) is 0. The van der Waals surface area contributed by atoms with E-state index in [1.807, 2.05) is 0 Å². The number of hydrogen-bond acceptors (Lipinski definition) is 7. The van der Waals surface area contributed by atoms with Crippen LogP contribution < -0.4 is 27.4 Å². The molecule has 0 saturated heterocycles. The first-order chi connectivity index (χ1) is 12.6. The van der Waals surface area contributed by atoms with Gasteiger partial charge in [0.1, 0.15) is 12.1 Å². The molecular weight excluding hydrogens is 364 g/mol. The Morgan fingerprint density at radius 1 is 1.00 bits per heavy atom. The summed E-state index contributed by atoms with van der Waals surface area (Å²) >= 11 is 0. The van der Waals surface area contributed by atoms with Gasteiger partial charge in [-0.05, 0) is 19.3 Å². The third-order valence-electron chi connectivity index (χ3n) is 3.42. The van der Waals surface area contributed by atoms with Gasteiger partial charge in [-0.2, -0.15) is 0 Å². The van der Waals surface area contributed by atoms with Crippen LogP contribution in [0.5, 0.6) is 0 Å². The molecule has 0 fully saturated rings. The van der Waals surface area contributed by atoms with Crippen LogP contribution in [0.2, 0.25) is 0 Å². The number of aliphatic hydroxyl groups excluding tert-OH is 1. The largest absolute Gasteiger partial charge is 0.481 e. The van der Waals surface area contributed by atoms with Crippen molar-refractivity contribution in [2.24, 2.45) is 11.5 Å². The quantitative estimate of drug-likeness (QED) is 0.0852. The molecule has 154 valence electrons. The second-order valence-corrected chi connectivity index (χ2v) is 5.66. The first kappa shape index (κ1) is 24.1. The Labute approximate surface area is 155 Å². The number of aliphatic carboxylic acids is 2. The Bertz CT molecular complexity index is 556. The van der Waals surface area contributed by atoms with Gasteiger partial charge in [0.25, 0.3) is 0 Å². The molecule has 27 heavy (non-hydrogen) atoms. The van der Waals surface area contributed by atoms with E-state index in [0.717, 1.165) is 0 Å². The summed E-state index contributed by atoms with van der Waals surface area (Å²) < 4.78 is 0. The van der Waals surface area contributed by atoms with E-state index in [-0.39, 0.29) is 38.2 Å². The van der Waals surface area contributed by atoms with Gasteiger partial charge in [0.2, 0.25) is 11.8 Å². The minimum atomic E-state index is -1.44. The fourth-order valence-corrected chi connectivity index (χ4v) is 1.94. The number of hydrogen-bond donors (Lipinski definition) is 9. The Morgan fingerprint density at radius 2 is 1.59 bits per heavy atom. The molecule has 11 N–H and O–H groups in total. The highest BCUT2D eigenvalue weighted by Crippen LogP contribution is 2.00. The average Bonchev–Trinajstić information content (AvgIpc) is 2.58. The van der Waals surface area contributed by atoms with Crippen LogP contribution in [0.25, 0.3) is 0 Å². The van der Waals surface area contributed by atoms with Gasteiger partial charge >= 0.3 is 11.9 Å². The number of carbonyl (C=O) groups excluding carboxylic acids is 2. The van der Waals surface area contributed by atoms with Crippen LogP contribution in [0.1, 0.15) is 25.7 Å². The Kier molecular flexibility index (Phi) is 11.1. The van der Waals surface area contributed by atoms with E-state index in [1.54, 1.807) is 0 Å². The van der Waals surface area contributed by atoms with Gasteiger partial charge in [0.15, 0.2) is 5.96 Å². The lowest BCUT2D eigenvalue weighted by molar-refractivity contribution is -0.142. The summed E-state index contributed by atoms with van der Waals surface area (Å²) in [5.41, 5.74) is 10.6. The normalized spacial score (nSPS) is 13.7. The van der Waals surface area contributed by atoms with Crippen molar-refractivity contribution in [2.75, 3.05) is 13.2 Å². The van der Waals surface area contributed by atoms with E-state index in [9.17, 15) is 24.3 Å². The molecule has 13 heteroatoms. The Morgan fingerprint density at radius 3 is 2.07 bits per heavy atom. The molecule has 0 saturated carbocycles. The van der Waals surface area contributed by atoms with Gasteiger partial charge in [-0.1, -0.05) is 0 Å². The maximum Gasteiger partial charge on any atom is 0.326 e. The number of rotatable bonds is 13. The minimum absolute atomic E-state index is 0.0194. The fraction of sp³-hybridized carbons (Fsp3) is 0.643. The molecule has 0 rings (SSSR count). The zero-order valence-electron chi connectivity index (χ0n) is 14.6. The first-order valence-electron chi connectivity index (χ1n) is 8.08. The van der Waals surface area contributed by atoms with Crippen molar-refractivity contribution in [1.29, 1.82) is 5.41 Å². The molecule has 0 unspecified atom stereocenters. The summed E-state index contributed by atoms with van der Waals surface area (Å²) in [4.78, 5) is 45.6. The molecule has 0 radical (unpaired) electrons. The average molecular weight is 390 g/mol. The zero-order chi connectivity index (χ0) is 21.0. The summed E-state index contributed by atoms with van der Waals surface area (Å²) in [6.07, 6.45) is -0.208. The van der Waals surface area contributed by atoms with Crippen molar-refractivity contribution in [3.63, 3.8) is 0 Å². The molecule has 0 aliphatic carbocycles. The molecule has 0 aromatic rings. The summed E-state index contributed by atoms with van der Waals surface area (Å²) in [6, 6.07) is -3.92. The first-order valence-corrected chi connectivity index (χ1v) is 8.08. The number of carboxylic acid groups (broad SMARTS) is 2. The van der Waals surface area contributed by atoms with E-state index >= 15 is 0 Å². The van der Waals surface area contributed by atoms with Gasteiger partial charge in [-0.3, -0.25) is 19.8 Å². The molecule has 2 amide bonds. The monoisotopic (exact) mass is 390 g/mol. The van der Waals surface area contributed by atoms with E-state index in [1.165, 1.54) is 0 Å². The predicted molar refractivity (Wildman–Crippen MR) is 92.6 cm³/mol. The third kappa shape index (κ3) is 10.6. The van der Waals surface area contributed by atoms with Crippen molar-refractivity contribution in [1.82, 2.24) is 16.0 Å². The van der Waals surface area contributed by atoms with Crippen molar-refractivity contribution < 1.29 is 34.5 Å². The zero-order valence-corrected chi connectivity index (χ0v) is 14.6. The SMILES string of the molecule is N=C(N)NCCC[C@H](NC(=O)[C@H](CO)NC(=O)[C@@H](N)CCC(=O)O)C(=O)O. The number of nitrogens with one attached hydrogen (secondary N) is 4. The predicted octanol–water partition coefficient (Wildman–Crippen LogP) is -3.51. The molecule has 0 aromatic carbocycles. The van der Waals surface area contributed by atoms with Crippen LogP contribution in [0.15, 0.2) is 0 Å². The van der Waals surface area contributed by atoms with Gasteiger partial charge in [0, 0.05) is 13.0 Å². The second kappa shape index (κ2) is 12.4. The van der Waals surface area contributed by atoms with Crippen LogP contribution >= 0.6 is 0 Å². The molecule has 0 bridgehead atoms. The number of nitrogens with two attached hydrogens (primary N) is 2. The maximum atomic E-state index is 12.1. The summed E-state index contributed by atoms with van der Waals surface area (Å²) in [5, 5.41) is 40.8. The Balaban J connectivity index is 4.63. The molecule has 0 aromatic heterocycles. The summed E-state index contributed by atoms with van der Waals surface area (Å²) in [5.74, 6) is -4.50.